The van der Waals surface area contributed by atoms with E-state index in [-0.39, 0.29) is 0 Å². The highest BCUT2D eigenvalue weighted by Gasteiger charge is 2.02. The Kier molecular flexibility index (Phi) is 1.05. The molecule has 0 unspecified atom stereocenters. The molecule has 3 nitrogen and oxygen atoms in total. The maximum atomic E-state index is 4.76. The molecule has 0 spiro atoms. The van der Waals surface area contributed by atoms with Crippen LogP contribution in [0.5, 0.6) is 0 Å². The Hall–Kier alpha value is -0.120. The molecular formula is C3H7N2O. The Morgan fingerprint density at radius 3 is 2.83 bits per heavy atom. The standard InChI is InChI=1S/C3H7N2O/c1-5-4-2-3-6-5/h4H,1-3H2. The number of hydrogen-bond donors (Lipinski definition) is 1. The number of hydrogen-bond acceptors (Lipinski definition) is 3. The van der Waals surface area contributed by atoms with Crippen molar-refractivity contribution in [1.82, 2.24) is 10.6 Å². The van der Waals surface area contributed by atoms with E-state index in [1.807, 2.05) is 0 Å². The van der Waals surface area contributed by atoms with Crippen molar-refractivity contribution in [1.29, 1.82) is 0 Å². The van der Waals surface area contributed by atoms with Crippen molar-refractivity contribution in [2.45, 2.75) is 0 Å². The number of hydroxylamine groups is 1. The molecule has 0 aromatic carbocycles. The molecule has 6 heavy (non-hydrogen) atoms. The SMILES string of the molecule is [CH2]N1NCCO1. The Morgan fingerprint density at radius 1 is 1.83 bits per heavy atom. The largest absolute Gasteiger partial charge is 0.283 e. The van der Waals surface area contributed by atoms with Gasteiger partial charge in [0.05, 0.1) is 13.7 Å². The van der Waals surface area contributed by atoms with Crippen molar-refractivity contribution >= 4 is 0 Å². The number of rotatable bonds is 0. The van der Waals surface area contributed by atoms with Crippen molar-refractivity contribution in [3.63, 3.8) is 0 Å². The lowest BCUT2D eigenvalue weighted by Gasteiger charge is -2.01. The molecule has 1 N–H and O–H groups in total. The highest BCUT2D eigenvalue weighted by Crippen LogP contribution is 1.86. The average Bonchev–Trinajstić information content (AvgIpc) is 1.86. The topological polar surface area (TPSA) is 24.5 Å². The van der Waals surface area contributed by atoms with Crippen molar-refractivity contribution in [2.75, 3.05) is 13.2 Å². The van der Waals surface area contributed by atoms with Crippen molar-refractivity contribution < 1.29 is 4.84 Å². The minimum atomic E-state index is 0.740. The van der Waals surface area contributed by atoms with Gasteiger partial charge >= 0.3 is 0 Å². The molecule has 0 aromatic rings. The van der Waals surface area contributed by atoms with Gasteiger partial charge < -0.3 is 0 Å². The summed E-state index contributed by atoms with van der Waals surface area (Å²) in [5, 5.41) is 1.36. The summed E-state index contributed by atoms with van der Waals surface area (Å²) in [7, 11) is 3.44. The predicted molar refractivity (Wildman–Crippen MR) is 21.2 cm³/mol. The van der Waals surface area contributed by atoms with Gasteiger partial charge in [-0.3, -0.25) is 4.84 Å². The second-order valence-electron chi connectivity index (χ2n) is 1.12. The molecule has 1 aliphatic heterocycles. The van der Waals surface area contributed by atoms with Crippen LogP contribution in [0.15, 0.2) is 0 Å². The maximum Gasteiger partial charge on any atom is 0.0841 e. The summed E-state index contributed by atoms with van der Waals surface area (Å²) in [6.45, 7) is 1.62. The third-order valence-corrected chi connectivity index (χ3v) is 0.637. The number of nitrogens with one attached hydrogen (secondary N) is 1. The van der Waals surface area contributed by atoms with Gasteiger partial charge in [-0.2, -0.15) is 0 Å². The summed E-state index contributed by atoms with van der Waals surface area (Å²) in [6.07, 6.45) is 0. The third kappa shape index (κ3) is 0.680. The third-order valence-electron chi connectivity index (χ3n) is 0.637. The number of hydrazine groups is 1. The van der Waals surface area contributed by atoms with Crippen LogP contribution in [0, 0.1) is 7.05 Å². The molecule has 1 fully saturated rings. The molecule has 0 atom stereocenters. The van der Waals surface area contributed by atoms with E-state index in [2.05, 4.69) is 12.5 Å². The molecule has 1 heterocycles. The van der Waals surface area contributed by atoms with Crippen LogP contribution < -0.4 is 5.43 Å². The zero-order valence-corrected chi connectivity index (χ0v) is 3.48. The molecule has 0 bridgehead atoms. The van der Waals surface area contributed by atoms with E-state index in [0.29, 0.717) is 0 Å². The van der Waals surface area contributed by atoms with E-state index in [1.54, 1.807) is 0 Å². The molecule has 1 radical (unpaired) electrons. The quantitative estimate of drug-likeness (QED) is 0.432. The molecular weight excluding hydrogens is 80.0 g/mol. The van der Waals surface area contributed by atoms with Gasteiger partial charge in [0.25, 0.3) is 0 Å². The first-order valence-electron chi connectivity index (χ1n) is 1.86. The molecule has 0 saturated carbocycles. The van der Waals surface area contributed by atoms with Gasteiger partial charge in [0, 0.05) is 6.54 Å². The molecule has 1 rings (SSSR count). The molecule has 3 heteroatoms. The number of nitrogens with zero attached hydrogens (tertiary/aromatic N) is 1. The van der Waals surface area contributed by atoms with Gasteiger partial charge in [-0.05, 0) is 0 Å². The van der Waals surface area contributed by atoms with E-state index in [4.69, 9.17) is 4.84 Å². The fraction of sp³-hybridized carbons (Fsp3) is 0.667. The van der Waals surface area contributed by atoms with Crippen LogP contribution in [0.25, 0.3) is 0 Å². The van der Waals surface area contributed by atoms with E-state index < -0.39 is 0 Å². The van der Waals surface area contributed by atoms with Crippen LogP contribution in [0.3, 0.4) is 0 Å². The zero-order valence-electron chi connectivity index (χ0n) is 3.48. The summed E-state index contributed by atoms with van der Waals surface area (Å²) < 4.78 is 0. The van der Waals surface area contributed by atoms with Crippen molar-refractivity contribution in [3.05, 3.63) is 7.05 Å². The Morgan fingerprint density at radius 2 is 2.67 bits per heavy atom. The first-order valence-corrected chi connectivity index (χ1v) is 1.86. The van der Waals surface area contributed by atoms with E-state index in [9.17, 15) is 0 Å². The summed E-state index contributed by atoms with van der Waals surface area (Å²) >= 11 is 0. The lowest BCUT2D eigenvalue weighted by Crippen LogP contribution is -2.21. The smallest absolute Gasteiger partial charge is 0.0841 e. The van der Waals surface area contributed by atoms with Gasteiger partial charge in [0.2, 0.25) is 0 Å². The minimum Gasteiger partial charge on any atom is -0.283 e. The fourth-order valence-electron chi connectivity index (χ4n) is 0.372. The molecule has 0 aromatic heterocycles. The maximum absolute atomic E-state index is 4.76. The second kappa shape index (κ2) is 1.55. The lowest BCUT2D eigenvalue weighted by molar-refractivity contribution is -0.0987. The van der Waals surface area contributed by atoms with Crippen molar-refractivity contribution in [3.8, 4) is 0 Å². The van der Waals surface area contributed by atoms with E-state index in [0.717, 1.165) is 13.2 Å². The van der Waals surface area contributed by atoms with Crippen LogP contribution in [0.1, 0.15) is 0 Å². The van der Waals surface area contributed by atoms with Gasteiger partial charge in [-0.15, -0.1) is 5.17 Å². The summed E-state index contributed by atoms with van der Waals surface area (Å²) in [4.78, 5) is 4.76. The summed E-state index contributed by atoms with van der Waals surface area (Å²) in [5.74, 6) is 0. The molecule has 0 aliphatic carbocycles. The Labute approximate surface area is 36.8 Å². The van der Waals surface area contributed by atoms with E-state index >= 15 is 0 Å². The van der Waals surface area contributed by atoms with Gasteiger partial charge in [-0.25, -0.2) is 5.43 Å². The Bertz CT molecular complexity index is 42.1. The molecule has 1 saturated heterocycles. The molecule has 0 amide bonds. The highest BCUT2D eigenvalue weighted by atomic mass is 16.7. The van der Waals surface area contributed by atoms with Gasteiger partial charge in [0.1, 0.15) is 0 Å². The van der Waals surface area contributed by atoms with Crippen LogP contribution in [-0.2, 0) is 4.84 Å². The first kappa shape index (κ1) is 4.05. The highest BCUT2D eigenvalue weighted by molar-refractivity contribution is 4.42. The van der Waals surface area contributed by atoms with Crippen LogP contribution in [0.2, 0.25) is 0 Å². The van der Waals surface area contributed by atoms with Gasteiger partial charge in [-0.1, -0.05) is 0 Å². The lowest BCUT2D eigenvalue weighted by atomic mass is 10.8. The normalized spacial score (nSPS) is 25.5. The zero-order chi connectivity index (χ0) is 4.41. The summed E-state index contributed by atoms with van der Waals surface area (Å²) in [5.41, 5.74) is 2.82. The summed E-state index contributed by atoms with van der Waals surface area (Å²) in [6, 6.07) is 0. The van der Waals surface area contributed by atoms with E-state index in [1.165, 1.54) is 5.17 Å². The van der Waals surface area contributed by atoms with Crippen molar-refractivity contribution in [2.24, 2.45) is 0 Å². The van der Waals surface area contributed by atoms with Crippen LogP contribution >= 0.6 is 0 Å². The minimum absolute atomic E-state index is 0.740. The predicted octanol–water partition coefficient (Wildman–Crippen LogP) is -0.470. The second-order valence-corrected chi connectivity index (χ2v) is 1.12. The van der Waals surface area contributed by atoms with Crippen LogP contribution in [-0.4, -0.2) is 18.3 Å². The average molecular weight is 87.1 g/mol. The molecule has 35 valence electrons. The fourth-order valence-corrected chi connectivity index (χ4v) is 0.372. The first-order chi connectivity index (χ1) is 2.89. The Balaban J connectivity index is 2.18. The van der Waals surface area contributed by atoms with Crippen LogP contribution in [0.4, 0.5) is 0 Å². The molecule has 1 aliphatic rings. The monoisotopic (exact) mass is 87.1 g/mol. The van der Waals surface area contributed by atoms with Gasteiger partial charge in [0.15, 0.2) is 0 Å².